The van der Waals surface area contributed by atoms with Gasteiger partial charge in [-0.3, -0.25) is 9.59 Å². The van der Waals surface area contributed by atoms with E-state index in [4.69, 9.17) is 9.47 Å². The van der Waals surface area contributed by atoms with Crippen LogP contribution < -0.4 is 9.47 Å². The lowest BCUT2D eigenvalue weighted by atomic mass is 10.1. The molecule has 0 saturated carbocycles. The van der Waals surface area contributed by atoms with E-state index in [1.807, 2.05) is 0 Å². The molecular formula is C18H16Br2O4. The number of carbonyl (C=O) groups excluding carboxylic acids is 2. The molecule has 0 amide bonds. The van der Waals surface area contributed by atoms with Gasteiger partial charge in [0.05, 0.1) is 10.7 Å². The number of hydrogen-bond donors (Lipinski definition) is 0. The van der Waals surface area contributed by atoms with Crippen LogP contribution >= 0.6 is 31.9 Å². The summed E-state index contributed by atoms with van der Waals surface area (Å²) in [6, 6.07) is 14.0. The zero-order valence-corrected chi connectivity index (χ0v) is 16.0. The first-order valence-corrected chi connectivity index (χ1v) is 9.52. The molecule has 0 aliphatic rings. The van der Waals surface area contributed by atoms with Gasteiger partial charge in [0.2, 0.25) is 0 Å². The van der Waals surface area contributed by atoms with Gasteiger partial charge in [-0.25, -0.2) is 0 Å². The van der Waals surface area contributed by atoms with Crippen LogP contribution in [0.2, 0.25) is 0 Å². The Labute approximate surface area is 157 Å². The number of carbonyl (C=O) groups is 2. The van der Waals surface area contributed by atoms with Crippen molar-refractivity contribution >= 4 is 43.4 Å². The minimum absolute atomic E-state index is 0.0340. The molecule has 2 aromatic rings. The molecule has 0 heterocycles. The summed E-state index contributed by atoms with van der Waals surface area (Å²) in [5.41, 5.74) is 1.29. The van der Waals surface area contributed by atoms with Crippen molar-refractivity contribution in [3.05, 3.63) is 59.7 Å². The molecule has 0 aliphatic heterocycles. The summed E-state index contributed by atoms with van der Waals surface area (Å²) in [4.78, 5) is 23.0. The number of Topliss-reactive ketones (excluding diaryl/α,β-unsaturated/α-hetero) is 2. The van der Waals surface area contributed by atoms with Crippen LogP contribution in [0.4, 0.5) is 0 Å². The summed E-state index contributed by atoms with van der Waals surface area (Å²) in [5.74, 6) is 1.43. The second-order valence-electron chi connectivity index (χ2n) is 4.86. The van der Waals surface area contributed by atoms with Crippen molar-refractivity contribution in [3.8, 4) is 11.5 Å². The van der Waals surface area contributed by atoms with Crippen molar-refractivity contribution in [1.29, 1.82) is 0 Å². The van der Waals surface area contributed by atoms with Gasteiger partial charge in [0, 0.05) is 11.1 Å². The van der Waals surface area contributed by atoms with E-state index in [2.05, 4.69) is 31.9 Å². The van der Waals surface area contributed by atoms with Crippen LogP contribution in [0.1, 0.15) is 20.7 Å². The predicted octanol–water partition coefficient (Wildman–Crippen LogP) is 4.30. The fraction of sp³-hybridized carbons (Fsp3) is 0.222. The van der Waals surface area contributed by atoms with Crippen molar-refractivity contribution in [3.63, 3.8) is 0 Å². The number of benzene rings is 2. The molecular weight excluding hydrogens is 440 g/mol. The highest BCUT2D eigenvalue weighted by atomic mass is 79.9. The monoisotopic (exact) mass is 454 g/mol. The quantitative estimate of drug-likeness (QED) is 0.321. The first-order chi connectivity index (χ1) is 11.6. The third-order valence-electron chi connectivity index (χ3n) is 3.22. The van der Waals surface area contributed by atoms with E-state index in [9.17, 15) is 9.59 Å². The minimum Gasteiger partial charge on any atom is -0.490 e. The Hall–Kier alpha value is -1.66. The van der Waals surface area contributed by atoms with Crippen molar-refractivity contribution in [1.82, 2.24) is 0 Å². The van der Waals surface area contributed by atoms with Gasteiger partial charge in [-0.1, -0.05) is 31.9 Å². The summed E-state index contributed by atoms with van der Waals surface area (Å²) >= 11 is 6.28. The average Bonchev–Trinajstić information content (AvgIpc) is 2.65. The maximum Gasteiger partial charge on any atom is 0.173 e. The molecule has 4 nitrogen and oxygen atoms in total. The Balaban J connectivity index is 1.76. The Bertz CT molecular complexity index is 620. The van der Waals surface area contributed by atoms with E-state index in [1.165, 1.54) is 0 Å². The van der Waals surface area contributed by atoms with Gasteiger partial charge in [-0.15, -0.1) is 0 Å². The molecule has 0 aliphatic carbocycles. The highest BCUT2D eigenvalue weighted by molar-refractivity contribution is 9.09. The zero-order chi connectivity index (χ0) is 17.4. The summed E-state index contributed by atoms with van der Waals surface area (Å²) < 4.78 is 11.1. The van der Waals surface area contributed by atoms with Crippen molar-refractivity contribution in [2.75, 3.05) is 23.9 Å². The topological polar surface area (TPSA) is 52.6 Å². The highest BCUT2D eigenvalue weighted by Crippen LogP contribution is 2.15. The second kappa shape index (κ2) is 9.59. The molecule has 0 radical (unpaired) electrons. The van der Waals surface area contributed by atoms with Gasteiger partial charge in [-0.05, 0) is 48.5 Å². The van der Waals surface area contributed by atoms with E-state index in [0.29, 0.717) is 46.5 Å². The smallest absolute Gasteiger partial charge is 0.173 e. The average molecular weight is 456 g/mol. The molecule has 2 aromatic carbocycles. The number of alkyl halides is 2. The van der Waals surface area contributed by atoms with E-state index < -0.39 is 0 Å². The molecule has 0 fully saturated rings. The van der Waals surface area contributed by atoms with Crippen molar-refractivity contribution in [2.24, 2.45) is 0 Å². The lowest BCUT2D eigenvalue weighted by Crippen LogP contribution is -2.09. The standard InChI is InChI=1S/C18H16Br2O4/c19-11-17(21)13-1-5-15(6-2-13)23-9-10-24-16-7-3-14(4-8-16)18(22)12-20/h1-8H,9-12H2. The maximum absolute atomic E-state index is 11.5. The Morgan fingerprint density at radius 3 is 1.29 bits per heavy atom. The Kier molecular flexibility index (Phi) is 7.46. The Morgan fingerprint density at radius 2 is 1.00 bits per heavy atom. The van der Waals surface area contributed by atoms with Gasteiger partial charge < -0.3 is 9.47 Å². The Morgan fingerprint density at radius 1 is 0.667 bits per heavy atom. The summed E-state index contributed by atoms with van der Waals surface area (Å²) in [6.45, 7) is 0.766. The summed E-state index contributed by atoms with van der Waals surface area (Å²) in [6.07, 6.45) is 0. The summed E-state index contributed by atoms with van der Waals surface area (Å²) in [7, 11) is 0. The van der Waals surface area contributed by atoms with Crippen LogP contribution in [0, 0.1) is 0 Å². The first-order valence-electron chi connectivity index (χ1n) is 7.28. The van der Waals surface area contributed by atoms with Gasteiger partial charge in [0.25, 0.3) is 0 Å². The van der Waals surface area contributed by atoms with Crippen LogP contribution in [-0.2, 0) is 0 Å². The van der Waals surface area contributed by atoms with E-state index in [1.54, 1.807) is 48.5 Å². The lowest BCUT2D eigenvalue weighted by Gasteiger charge is -2.09. The first kappa shape index (κ1) is 18.7. The largest absolute Gasteiger partial charge is 0.490 e. The van der Waals surface area contributed by atoms with Crippen LogP contribution in [-0.4, -0.2) is 35.4 Å². The fourth-order valence-corrected chi connectivity index (χ4v) is 2.59. The normalized spacial score (nSPS) is 10.2. The van der Waals surface area contributed by atoms with Crippen LogP contribution in [0.25, 0.3) is 0 Å². The number of hydrogen-bond acceptors (Lipinski definition) is 4. The van der Waals surface area contributed by atoms with Crippen LogP contribution in [0.15, 0.2) is 48.5 Å². The highest BCUT2D eigenvalue weighted by Gasteiger charge is 2.05. The van der Waals surface area contributed by atoms with Gasteiger partial charge in [-0.2, -0.15) is 0 Å². The molecule has 0 saturated heterocycles. The molecule has 24 heavy (non-hydrogen) atoms. The third-order valence-corrected chi connectivity index (χ3v) is 4.23. The van der Waals surface area contributed by atoms with Crippen molar-refractivity contribution < 1.29 is 19.1 Å². The third kappa shape index (κ3) is 5.46. The number of rotatable bonds is 9. The molecule has 2 rings (SSSR count). The molecule has 0 aromatic heterocycles. The molecule has 6 heteroatoms. The molecule has 126 valence electrons. The molecule has 0 spiro atoms. The molecule has 0 N–H and O–H groups in total. The van der Waals surface area contributed by atoms with Gasteiger partial charge in [0.15, 0.2) is 11.6 Å². The molecule has 0 bridgehead atoms. The number of ether oxygens (including phenoxy) is 2. The van der Waals surface area contributed by atoms with E-state index in [0.717, 1.165) is 0 Å². The summed E-state index contributed by atoms with van der Waals surface area (Å²) in [5, 5.41) is 0.613. The second-order valence-corrected chi connectivity index (χ2v) is 5.98. The molecule has 0 unspecified atom stereocenters. The van der Waals surface area contributed by atoms with E-state index in [-0.39, 0.29) is 11.6 Å². The van der Waals surface area contributed by atoms with E-state index >= 15 is 0 Å². The lowest BCUT2D eigenvalue weighted by molar-refractivity contribution is 0.101. The number of halogens is 2. The fourth-order valence-electron chi connectivity index (χ4n) is 1.95. The van der Waals surface area contributed by atoms with Gasteiger partial charge >= 0.3 is 0 Å². The zero-order valence-electron chi connectivity index (χ0n) is 12.8. The van der Waals surface area contributed by atoms with Crippen LogP contribution in [0.3, 0.4) is 0 Å². The SMILES string of the molecule is O=C(CBr)c1ccc(OCCOc2ccc(C(=O)CBr)cc2)cc1. The van der Waals surface area contributed by atoms with Gasteiger partial charge in [0.1, 0.15) is 24.7 Å². The molecule has 0 atom stereocenters. The van der Waals surface area contributed by atoms with Crippen LogP contribution in [0.5, 0.6) is 11.5 Å². The maximum atomic E-state index is 11.5. The van der Waals surface area contributed by atoms with Crippen molar-refractivity contribution in [2.45, 2.75) is 0 Å². The minimum atomic E-state index is 0.0340. The predicted molar refractivity (Wildman–Crippen MR) is 100 cm³/mol. The number of ketones is 2.